The normalized spacial score (nSPS) is 22.2. The van der Waals surface area contributed by atoms with Crippen LogP contribution in [0.1, 0.15) is 64.3 Å². The monoisotopic (exact) mass is 248 g/mol. The zero-order chi connectivity index (χ0) is 13.3. The van der Waals surface area contributed by atoms with Gasteiger partial charge in [-0.1, -0.05) is 40.5 Å². The fourth-order valence-corrected chi connectivity index (χ4v) is 3.29. The van der Waals surface area contributed by atoms with Gasteiger partial charge in [-0.25, -0.2) is 0 Å². The van der Waals surface area contributed by atoms with Gasteiger partial charge < -0.3 is 10.3 Å². The van der Waals surface area contributed by atoms with Crippen molar-refractivity contribution in [1.82, 2.24) is 4.57 Å². The Morgan fingerprint density at radius 3 is 2.67 bits per heavy atom. The molecule has 0 radical (unpaired) electrons. The first-order chi connectivity index (χ1) is 8.46. The van der Waals surface area contributed by atoms with E-state index in [1.807, 2.05) is 0 Å². The average Bonchev–Trinajstić information content (AvgIpc) is 2.67. The third-order valence-corrected chi connectivity index (χ3v) is 4.54. The van der Waals surface area contributed by atoms with E-state index in [2.05, 4.69) is 44.5 Å². The summed E-state index contributed by atoms with van der Waals surface area (Å²) in [5.74, 6) is 0.794. The molecule has 0 spiro atoms. The second-order valence-corrected chi connectivity index (χ2v) is 6.70. The number of hydrogen-bond donors (Lipinski definition) is 1. The highest BCUT2D eigenvalue weighted by atomic mass is 15.0. The maximum absolute atomic E-state index is 6.32. The van der Waals surface area contributed by atoms with Gasteiger partial charge in [-0.2, -0.15) is 0 Å². The highest BCUT2D eigenvalue weighted by Gasteiger charge is 2.32. The zero-order valence-corrected chi connectivity index (χ0v) is 12.4. The van der Waals surface area contributed by atoms with Crippen molar-refractivity contribution in [2.75, 3.05) is 0 Å². The summed E-state index contributed by atoms with van der Waals surface area (Å²) in [6.45, 7) is 10.4. The lowest BCUT2D eigenvalue weighted by molar-refractivity contribution is 0.271. The molecule has 1 aromatic heterocycles. The maximum atomic E-state index is 6.32. The van der Waals surface area contributed by atoms with Crippen LogP contribution in [0, 0.1) is 11.3 Å². The minimum Gasteiger partial charge on any atom is -0.351 e. The van der Waals surface area contributed by atoms with Gasteiger partial charge in [-0.3, -0.25) is 0 Å². The molecule has 0 bridgehead atoms. The fraction of sp³-hybridized carbons (Fsp3) is 0.750. The Morgan fingerprint density at radius 1 is 1.39 bits per heavy atom. The van der Waals surface area contributed by atoms with E-state index in [4.69, 9.17) is 5.73 Å². The van der Waals surface area contributed by atoms with E-state index >= 15 is 0 Å². The Bertz CT molecular complexity index is 399. The molecule has 0 saturated carbocycles. The Morgan fingerprint density at radius 2 is 2.06 bits per heavy atom. The number of nitrogens with zero attached hydrogens (tertiary/aromatic N) is 1. The quantitative estimate of drug-likeness (QED) is 0.861. The molecule has 0 aromatic carbocycles. The summed E-state index contributed by atoms with van der Waals surface area (Å²) in [4.78, 5) is 0. The molecule has 0 fully saturated rings. The zero-order valence-electron chi connectivity index (χ0n) is 12.4. The molecule has 1 aliphatic rings. The SMILES string of the molecule is CCC(CC)Cn1ccc2c1CC(C)(C)CC2N. The summed E-state index contributed by atoms with van der Waals surface area (Å²) in [5, 5.41) is 0. The van der Waals surface area contributed by atoms with Crippen LogP contribution >= 0.6 is 0 Å². The van der Waals surface area contributed by atoms with Crippen molar-refractivity contribution in [3.63, 3.8) is 0 Å². The molecule has 1 unspecified atom stereocenters. The van der Waals surface area contributed by atoms with Gasteiger partial charge in [0.1, 0.15) is 0 Å². The molecule has 1 heterocycles. The first kappa shape index (κ1) is 13.7. The molecule has 2 N–H and O–H groups in total. The van der Waals surface area contributed by atoms with Crippen LogP contribution in [-0.2, 0) is 13.0 Å². The van der Waals surface area contributed by atoms with Crippen LogP contribution < -0.4 is 5.73 Å². The highest BCUT2D eigenvalue weighted by molar-refractivity contribution is 5.30. The van der Waals surface area contributed by atoms with E-state index in [1.54, 1.807) is 0 Å². The predicted octanol–water partition coefficient (Wildman–Crippen LogP) is 3.90. The Balaban J connectivity index is 2.25. The largest absolute Gasteiger partial charge is 0.351 e. The molecule has 1 aromatic rings. The molecular formula is C16H28N2. The second kappa shape index (κ2) is 5.08. The molecular weight excluding hydrogens is 220 g/mol. The second-order valence-electron chi connectivity index (χ2n) is 6.70. The summed E-state index contributed by atoms with van der Waals surface area (Å²) in [7, 11) is 0. The number of hydrogen-bond acceptors (Lipinski definition) is 1. The summed E-state index contributed by atoms with van der Waals surface area (Å²) >= 11 is 0. The van der Waals surface area contributed by atoms with Crippen LogP contribution in [0.15, 0.2) is 12.3 Å². The number of aromatic nitrogens is 1. The van der Waals surface area contributed by atoms with Gasteiger partial charge in [-0.15, -0.1) is 0 Å². The van der Waals surface area contributed by atoms with Crippen molar-refractivity contribution in [3.05, 3.63) is 23.5 Å². The van der Waals surface area contributed by atoms with Gasteiger partial charge in [0.2, 0.25) is 0 Å². The van der Waals surface area contributed by atoms with Crippen molar-refractivity contribution < 1.29 is 0 Å². The van der Waals surface area contributed by atoms with Gasteiger partial charge in [0.25, 0.3) is 0 Å². The van der Waals surface area contributed by atoms with Crippen LogP contribution in [0.2, 0.25) is 0 Å². The van der Waals surface area contributed by atoms with Gasteiger partial charge in [-0.05, 0) is 35.8 Å². The Kier molecular flexibility index (Phi) is 3.86. The molecule has 102 valence electrons. The van der Waals surface area contributed by atoms with E-state index < -0.39 is 0 Å². The van der Waals surface area contributed by atoms with Crippen LogP contribution in [-0.4, -0.2) is 4.57 Å². The summed E-state index contributed by atoms with van der Waals surface area (Å²) < 4.78 is 2.47. The minimum absolute atomic E-state index is 0.228. The molecule has 1 atom stereocenters. The minimum atomic E-state index is 0.228. The molecule has 0 aliphatic heterocycles. The van der Waals surface area contributed by atoms with Crippen molar-refractivity contribution in [2.45, 2.75) is 66.0 Å². The van der Waals surface area contributed by atoms with Gasteiger partial charge >= 0.3 is 0 Å². The van der Waals surface area contributed by atoms with Crippen LogP contribution in [0.3, 0.4) is 0 Å². The first-order valence-corrected chi connectivity index (χ1v) is 7.40. The van der Waals surface area contributed by atoms with Gasteiger partial charge in [0, 0.05) is 24.5 Å². The van der Waals surface area contributed by atoms with E-state index in [-0.39, 0.29) is 6.04 Å². The van der Waals surface area contributed by atoms with E-state index in [9.17, 15) is 0 Å². The van der Waals surface area contributed by atoms with Crippen LogP contribution in [0.5, 0.6) is 0 Å². The average molecular weight is 248 g/mol. The summed E-state index contributed by atoms with van der Waals surface area (Å²) in [6, 6.07) is 2.48. The first-order valence-electron chi connectivity index (χ1n) is 7.40. The molecule has 2 heteroatoms. The van der Waals surface area contributed by atoms with E-state index in [0.717, 1.165) is 18.9 Å². The summed E-state index contributed by atoms with van der Waals surface area (Å²) in [6.07, 6.45) is 7.06. The number of nitrogens with two attached hydrogens (primary N) is 1. The third-order valence-electron chi connectivity index (χ3n) is 4.54. The lowest BCUT2D eigenvalue weighted by Gasteiger charge is -2.35. The van der Waals surface area contributed by atoms with Crippen LogP contribution in [0.4, 0.5) is 0 Å². The third kappa shape index (κ3) is 2.64. The molecule has 18 heavy (non-hydrogen) atoms. The fourth-order valence-electron chi connectivity index (χ4n) is 3.29. The van der Waals surface area contributed by atoms with Crippen molar-refractivity contribution in [3.8, 4) is 0 Å². The smallest absolute Gasteiger partial charge is 0.0318 e. The van der Waals surface area contributed by atoms with Crippen molar-refractivity contribution in [2.24, 2.45) is 17.1 Å². The molecule has 2 rings (SSSR count). The lowest BCUT2D eigenvalue weighted by Crippen LogP contribution is -2.30. The Hall–Kier alpha value is -0.760. The molecule has 0 amide bonds. The number of rotatable bonds is 4. The van der Waals surface area contributed by atoms with Gasteiger partial charge in [0.05, 0.1) is 0 Å². The topological polar surface area (TPSA) is 30.9 Å². The van der Waals surface area contributed by atoms with Crippen molar-refractivity contribution in [1.29, 1.82) is 0 Å². The van der Waals surface area contributed by atoms with Crippen LogP contribution in [0.25, 0.3) is 0 Å². The predicted molar refractivity (Wildman–Crippen MR) is 77.5 cm³/mol. The maximum Gasteiger partial charge on any atom is 0.0318 e. The lowest BCUT2D eigenvalue weighted by atomic mass is 9.74. The van der Waals surface area contributed by atoms with E-state index in [0.29, 0.717) is 5.41 Å². The molecule has 2 nitrogen and oxygen atoms in total. The van der Waals surface area contributed by atoms with Crippen molar-refractivity contribution >= 4 is 0 Å². The standard InChI is InChI=1S/C16H28N2/c1-5-12(6-2)11-18-8-7-13-14(17)9-16(3,4)10-15(13)18/h7-8,12,14H,5-6,9-11,17H2,1-4H3. The van der Waals surface area contributed by atoms with E-state index in [1.165, 1.54) is 30.5 Å². The number of fused-ring (bicyclic) bond motifs is 1. The Labute approximate surface area is 112 Å². The van der Waals surface area contributed by atoms with Gasteiger partial charge in [0.15, 0.2) is 0 Å². The molecule has 1 aliphatic carbocycles. The summed E-state index contributed by atoms with van der Waals surface area (Å²) in [5.41, 5.74) is 9.54. The highest BCUT2D eigenvalue weighted by Crippen LogP contribution is 2.40. The molecule has 0 saturated heterocycles.